The Hall–Kier alpha value is -3.85. The zero-order valence-corrected chi connectivity index (χ0v) is 19.8. The second-order valence-corrected chi connectivity index (χ2v) is 8.27. The van der Waals surface area contributed by atoms with Gasteiger partial charge in [0.25, 0.3) is 5.56 Å². The van der Waals surface area contributed by atoms with Crippen molar-refractivity contribution in [3.05, 3.63) is 105 Å². The van der Waals surface area contributed by atoms with E-state index < -0.39 is 29.1 Å². The highest BCUT2D eigenvalue weighted by atomic mass is 19.1. The Morgan fingerprint density at radius 3 is 2.34 bits per heavy atom. The zero-order chi connectivity index (χ0) is 24.9. The van der Waals surface area contributed by atoms with Crippen molar-refractivity contribution >= 4 is 5.69 Å². The number of nitrogens with one attached hydrogen (secondary N) is 1. The van der Waals surface area contributed by atoms with E-state index in [1.807, 2.05) is 54.6 Å². The fourth-order valence-corrected chi connectivity index (χ4v) is 4.63. The van der Waals surface area contributed by atoms with Crippen molar-refractivity contribution in [2.75, 3.05) is 32.8 Å². The Balaban J connectivity index is 1.88. The summed E-state index contributed by atoms with van der Waals surface area (Å²) in [5, 5.41) is 0. The Kier molecular flexibility index (Phi) is 7.36. The molecule has 0 radical (unpaired) electrons. The molecule has 1 N–H and O–H groups in total. The first-order valence-corrected chi connectivity index (χ1v) is 11.2. The normalized spacial score (nSPS) is 19.3. The molecule has 1 aromatic heterocycles. The molecule has 1 aliphatic carbocycles. The molecule has 35 heavy (non-hydrogen) atoms. The van der Waals surface area contributed by atoms with Crippen molar-refractivity contribution in [1.82, 2.24) is 9.55 Å². The summed E-state index contributed by atoms with van der Waals surface area (Å²) in [5.41, 5.74) is 0.158. The lowest BCUT2D eigenvalue weighted by atomic mass is 9.96. The van der Waals surface area contributed by atoms with Gasteiger partial charge in [0, 0.05) is 19.3 Å². The summed E-state index contributed by atoms with van der Waals surface area (Å²) in [7, 11) is 4.75. The molecule has 184 valence electrons. The van der Waals surface area contributed by atoms with Crippen molar-refractivity contribution < 1.29 is 18.6 Å². The number of aromatic amines is 1. The maximum absolute atomic E-state index is 14.3. The lowest BCUT2D eigenvalue weighted by Crippen LogP contribution is -2.47. The summed E-state index contributed by atoms with van der Waals surface area (Å²) >= 11 is 0. The van der Waals surface area contributed by atoms with E-state index in [-0.39, 0.29) is 5.92 Å². The van der Waals surface area contributed by atoms with E-state index in [9.17, 15) is 14.0 Å². The van der Waals surface area contributed by atoms with E-state index in [0.717, 1.165) is 17.4 Å². The fraction of sp³-hybridized carbons (Fsp3) is 0.308. The molecule has 0 bridgehead atoms. The van der Waals surface area contributed by atoms with Crippen LogP contribution in [0.2, 0.25) is 0 Å². The first kappa shape index (κ1) is 24.3. The number of halogens is 1. The van der Waals surface area contributed by atoms with Gasteiger partial charge in [-0.05, 0) is 35.9 Å². The number of nitrogens with zero attached hydrogens (tertiary/aromatic N) is 2. The fourth-order valence-electron chi connectivity index (χ4n) is 4.63. The molecule has 0 saturated heterocycles. The molecule has 0 spiro atoms. The SMILES string of the molecule is COC[C@H]1C(OC)=C[C@@H](n2cc(F)c(=O)[nH]c2=O)[C@@H]1N(Cc1ccccc1)c1ccc(OC)cc1. The molecular formula is C26H28FN3O5. The number of benzene rings is 2. The first-order valence-electron chi connectivity index (χ1n) is 11.2. The van der Waals surface area contributed by atoms with E-state index in [1.54, 1.807) is 27.4 Å². The Bertz CT molecular complexity index is 1290. The average Bonchev–Trinajstić information content (AvgIpc) is 3.23. The summed E-state index contributed by atoms with van der Waals surface area (Å²) in [4.78, 5) is 28.7. The van der Waals surface area contributed by atoms with Crippen LogP contribution in [-0.4, -0.2) is 43.5 Å². The van der Waals surface area contributed by atoms with E-state index >= 15 is 0 Å². The number of rotatable bonds is 9. The Morgan fingerprint density at radius 1 is 1.00 bits per heavy atom. The highest BCUT2D eigenvalue weighted by Gasteiger charge is 2.43. The molecule has 0 aliphatic heterocycles. The number of aromatic nitrogens is 2. The van der Waals surface area contributed by atoms with E-state index in [0.29, 0.717) is 24.7 Å². The zero-order valence-electron chi connectivity index (χ0n) is 19.8. The predicted octanol–water partition coefficient (Wildman–Crippen LogP) is 3.11. The summed E-state index contributed by atoms with van der Waals surface area (Å²) in [6.07, 6.45) is 2.74. The van der Waals surface area contributed by atoms with Gasteiger partial charge >= 0.3 is 5.69 Å². The van der Waals surface area contributed by atoms with Gasteiger partial charge < -0.3 is 19.1 Å². The highest BCUT2D eigenvalue weighted by molar-refractivity contribution is 5.52. The molecule has 8 nitrogen and oxygen atoms in total. The number of methoxy groups -OCH3 is 3. The minimum atomic E-state index is -1.05. The molecule has 9 heteroatoms. The van der Waals surface area contributed by atoms with Gasteiger partial charge in [0.1, 0.15) is 11.5 Å². The third kappa shape index (κ3) is 5.00. The van der Waals surface area contributed by atoms with Gasteiger partial charge in [-0.1, -0.05) is 30.3 Å². The van der Waals surface area contributed by atoms with Crippen molar-refractivity contribution in [2.45, 2.75) is 18.6 Å². The van der Waals surface area contributed by atoms with Crippen LogP contribution in [-0.2, 0) is 16.0 Å². The third-order valence-corrected chi connectivity index (χ3v) is 6.25. The van der Waals surface area contributed by atoms with Crippen LogP contribution < -0.4 is 20.9 Å². The second-order valence-electron chi connectivity index (χ2n) is 8.27. The van der Waals surface area contributed by atoms with E-state index in [4.69, 9.17) is 14.2 Å². The minimum absolute atomic E-state index is 0.275. The smallest absolute Gasteiger partial charge is 0.329 e. The van der Waals surface area contributed by atoms with Crippen LogP contribution >= 0.6 is 0 Å². The monoisotopic (exact) mass is 481 g/mol. The third-order valence-electron chi connectivity index (χ3n) is 6.25. The number of anilines is 1. The largest absolute Gasteiger partial charge is 0.501 e. The van der Waals surface area contributed by atoms with Gasteiger partial charge in [-0.25, -0.2) is 4.79 Å². The van der Waals surface area contributed by atoms with Crippen LogP contribution in [0.15, 0.2) is 82.2 Å². The molecule has 1 aliphatic rings. The van der Waals surface area contributed by atoms with Gasteiger partial charge in [-0.3, -0.25) is 14.3 Å². The summed E-state index contributed by atoms with van der Waals surface area (Å²) < 4.78 is 32.1. The summed E-state index contributed by atoms with van der Waals surface area (Å²) in [6.45, 7) is 0.808. The molecule has 0 amide bonds. The van der Waals surface area contributed by atoms with Crippen molar-refractivity contribution in [3.8, 4) is 5.75 Å². The molecule has 2 aromatic carbocycles. The summed E-state index contributed by atoms with van der Waals surface area (Å²) in [6, 6.07) is 16.4. The van der Waals surface area contributed by atoms with Crippen LogP contribution in [0.3, 0.4) is 0 Å². The molecular weight excluding hydrogens is 453 g/mol. The standard InChI is InChI=1S/C26H28FN3O5/c1-33-16-20-23(35-3)13-22(30-15-21(27)25(31)28-26(30)32)24(20)29(14-17-7-5-4-6-8-17)18-9-11-19(34-2)12-10-18/h4-13,15,20,22,24H,14,16H2,1-3H3,(H,28,31,32)/t20-,22+,24+/m0/s1. The van der Waals surface area contributed by atoms with Crippen molar-refractivity contribution in [2.24, 2.45) is 5.92 Å². The Morgan fingerprint density at radius 2 is 1.71 bits per heavy atom. The van der Waals surface area contributed by atoms with E-state index in [1.165, 1.54) is 4.57 Å². The second kappa shape index (κ2) is 10.6. The summed E-state index contributed by atoms with van der Waals surface area (Å²) in [5.74, 6) is 0.0130. The topological polar surface area (TPSA) is 85.8 Å². The van der Waals surface area contributed by atoms with Crippen LogP contribution in [0.25, 0.3) is 0 Å². The molecule has 1 heterocycles. The quantitative estimate of drug-likeness (QED) is 0.506. The van der Waals surface area contributed by atoms with Gasteiger partial charge in [0.15, 0.2) is 0 Å². The van der Waals surface area contributed by atoms with Crippen molar-refractivity contribution in [3.63, 3.8) is 0 Å². The van der Waals surface area contributed by atoms with Crippen LogP contribution in [0.1, 0.15) is 11.6 Å². The highest BCUT2D eigenvalue weighted by Crippen LogP contribution is 2.40. The molecule has 3 atom stereocenters. The molecule has 0 unspecified atom stereocenters. The lowest BCUT2D eigenvalue weighted by Gasteiger charge is -2.39. The van der Waals surface area contributed by atoms with Crippen LogP contribution in [0, 0.1) is 11.7 Å². The minimum Gasteiger partial charge on any atom is -0.501 e. The molecule has 0 fully saturated rings. The van der Waals surface area contributed by atoms with Gasteiger partial charge in [-0.2, -0.15) is 4.39 Å². The average molecular weight is 482 g/mol. The number of hydrogen-bond donors (Lipinski definition) is 1. The molecule has 0 saturated carbocycles. The van der Waals surface area contributed by atoms with Crippen LogP contribution in [0.5, 0.6) is 5.75 Å². The van der Waals surface area contributed by atoms with Crippen LogP contribution in [0.4, 0.5) is 10.1 Å². The molecule has 3 aromatic rings. The first-order chi connectivity index (χ1) is 17.0. The van der Waals surface area contributed by atoms with E-state index in [2.05, 4.69) is 9.88 Å². The Labute approximate surface area is 202 Å². The number of hydrogen-bond acceptors (Lipinski definition) is 6. The maximum atomic E-state index is 14.3. The van der Waals surface area contributed by atoms with Crippen molar-refractivity contribution in [1.29, 1.82) is 0 Å². The maximum Gasteiger partial charge on any atom is 0.329 e. The predicted molar refractivity (Wildman–Crippen MR) is 130 cm³/mol. The lowest BCUT2D eigenvalue weighted by molar-refractivity contribution is 0.119. The van der Waals surface area contributed by atoms with Gasteiger partial charge in [0.2, 0.25) is 5.82 Å². The van der Waals surface area contributed by atoms with Gasteiger partial charge in [-0.15, -0.1) is 0 Å². The number of ether oxygens (including phenoxy) is 3. The molecule has 4 rings (SSSR count). The number of H-pyrrole nitrogens is 1. The van der Waals surface area contributed by atoms with Gasteiger partial charge in [0.05, 0.1) is 45.0 Å².